The summed E-state index contributed by atoms with van der Waals surface area (Å²) < 4.78 is 38.8. The number of nitrogens with one attached hydrogen (secondary N) is 3. The molecule has 0 aromatic heterocycles. The summed E-state index contributed by atoms with van der Waals surface area (Å²) in [6.07, 6.45) is 5.52. The van der Waals surface area contributed by atoms with Crippen molar-refractivity contribution in [3.63, 3.8) is 0 Å². The van der Waals surface area contributed by atoms with Gasteiger partial charge in [-0.3, -0.25) is 9.59 Å². The second-order valence-corrected chi connectivity index (χ2v) is 38.7. The number of carbonyl (C=O) groups is 6. The van der Waals surface area contributed by atoms with E-state index in [1.165, 1.54) is 0 Å². The van der Waals surface area contributed by atoms with E-state index in [9.17, 15) is 28.8 Å². The molecule has 2 saturated carbocycles. The molecule has 4 atom stereocenters. The van der Waals surface area contributed by atoms with E-state index in [4.69, 9.17) is 32.5 Å². The molecule has 2 rings (SSSR count). The van der Waals surface area contributed by atoms with Crippen LogP contribution in [-0.4, -0.2) is 126 Å². The Morgan fingerprint density at radius 3 is 1.63 bits per heavy atom. The van der Waals surface area contributed by atoms with E-state index in [-0.39, 0.29) is 111 Å². The molecule has 16 nitrogen and oxygen atoms in total. The van der Waals surface area contributed by atoms with Gasteiger partial charge in [-0.2, -0.15) is 0 Å². The second-order valence-electron chi connectivity index (χ2n) is 24.3. The van der Waals surface area contributed by atoms with Gasteiger partial charge in [-0.1, -0.05) is 82.6 Å². The number of esters is 3. The first-order valence-electron chi connectivity index (χ1n) is 24.9. The maximum absolute atomic E-state index is 13.7. The van der Waals surface area contributed by atoms with Crippen molar-refractivity contribution < 1.29 is 61.3 Å². The SMILES string of the molecule is C.C.C=C(C)C(=O)OCCOC(=O)CCC1(C)CC(NC(=O)OCCOCCC[Si](C)(C)O[Si](C)(C)C[Si](C)(C)CC(=O)NC2CC(C)(C)CC(C)(CNC(=O)OCCOC(=O)C(=C)C)C2)CC(C)(C)C1. The van der Waals surface area contributed by atoms with E-state index in [0.717, 1.165) is 50.2 Å². The number of carbonyl (C=O) groups excluding carboxylic acids is 6. The van der Waals surface area contributed by atoms with Crippen molar-refractivity contribution in [1.29, 1.82) is 0 Å². The third-order valence-corrected chi connectivity index (χ3v) is 27.1. The number of rotatable bonds is 28. The minimum absolute atomic E-state index is 0. The molecule has 0 spiro atoms. The predicted molar refractivity (Wildman–Crippen MR) is 290 cm³/mol. The minimum Gasteiger partial charge on any atom is -0.462 e. The summed E-state index contributed by atoms with van der Waals surface area (Å²) in [5.74, 6) is -1.31. The first-order valence-corrected chi connectivity index (χ1v) is 34.5. The summed E-state index contributed by atoms with van der Waals surface area (Å²) in [6, 6.07) is 1.34. The Labute approximate surface area is 432 Å². The van der Waals surface area contributed by atoms with Crippen molar-refractivity contribution in [2.45, 2.75) is 197 Å². The molecular formula is C52H99N3O13Si3. The number of amides is 3. The van der Waals surface area contributed by atoms with Crippen LogP contribution in [0.5, 0.6) is 0 Å². The molecule has 0 aromatic rings. The Bertz CT molecular complexity index is 1790. The highest BCUT2D eigenvalue weighted by Gasteiger charge is 2.44. The van der Waals surface area contributed by atoms with Crippen LogP contribution in [0.1, 0.15) is 128 Å². The number of alkyl carbamates (subject to hydrolysis) is 2. The van der Waals surface area contributed by atoms with Crippen LogP contribution >= 0.6 is 0 Å². The van der Waals surface area contributed by atoms with Crippen LogP contribution in [0, 0.1) is 21.7 Å². The van der Waals surface area contributed by atoms with Crippen LogP contribution in [0.4, 0.5) is 9.59 Å². The lowest BCUT2D eigenvalue weighted by atomic mass is 9.61. The van der Waals surface area contributed by atoms with Gasteiger partial charge >= 0.3 is 30.1 Å². The number of hydrogen-bond donors (Lipinski definition) is 3. The van der Waals surface area contributed by atoms with E-state index in [2.05, 4.69) is 110 Å². The van der Waals surface area contributed by atoms with Crippen molar-refractivity contribution in [1.82, 2.24) is 16.0 Å². The molecule has 19 heteroatoms. The Balaban J connectivity index is 0.0000245. The van der Waals surface area contributed by atoms with E-state index in [1.54, 1.807) is 13.8 Å². The van der Waals surface area contributed by atoms with Gasteiger partial charge in [-0.25, -0.2) is 19.2 Å². The Morgan fingerprint density at radius 1 is 0.592 bits per heavy atom. The standard InChI is InChI=1S/C50H91N3O13Si3.2CH4/c1-37(2)43(56)62-24-23-61-42(55)18-19-49(9)30-40(29-47(5,6)33-49)53-46(59)65-22-21-60-20-17-27-68(13,14)66-69(15,16)36-67(11,12)32-41(54)52-39-28-48(7,8)34-50(10,31-39)35-51-45(58)64-26-25-63-44(57)38(3)4;;/h39-40H,1,3,17-36H2,2,4-16H3,(H,51,58)(H,52,54)(H,53,59);2*1H4. The smallest absolute Gasteiger partial charge is 0.407 e. The Kier molecular flexibility index (Phi) is 27.9. The predicted octanol–water partition coefficient (Wildman–Crippen LogP) is 10.6. The highest BCUT2D eigenvalue weighted by atomic mass is 28.4. The lowest BCUT2D eigenvalue weighted by molar-refractivity contribution is -0.150. The molecule has 3 amide bonds. The van der Waals surface area contributed by atoms with Gasteiger partial charge in [0, 0.05) is 48.8 Å². The normalized spacial score (nSPS) is 21.7. The number of hydrogen-bond acceptors (Lipinski definition) is 13. The summed E-state index contributed by atoms with van der Waals surface area (Å²) in [7, 11) is -6.15. The summed E-state index contributed by atoms with van der Waals surface area (Å²) >= 11 is 0. The van der Waals surface area contributed by atoms with Crippen LogP contribution in [0.2, 0.25) is 57.0 Å². The molecule has 0 aliphatic heterocycles. The van der Waals surface area contributed by atoms with E-state index in [0.29, 0.717) is 38.6 Å². The van der Waals surface area contributed by atoms with Crippen LogP contribution in [0.15, 0.2) is 24.3 Å². The molecule has 0 saturated heterocycles. The molecule has 0 bridgehead atoms. The van der Waals surface area contributed by atoms with Gasteiger partial charge < -0.3 is 48.5 Å². The molecule has 2 aliphatic rings. The third-order valence-electron chi connectivity index (χ3n) is 12.6. The topological polar surface area (TPSA) is 203 Å². The molecular weight excluding hydrogens is 959 g/mol. The van der Waals surface area contributed by atoms with Gasteiger partial charge in [-0.15, -0.1) is 0 Å². The maximum atomic E-state index is 13.7. The highest BCUT2D eigenvalue weighted by molar-refractivity contribution is 6.97. The molecule has 3 N–H and O–H groups in total. The first-order chi connectivity index (χ1) is 31.6. The molecule has 4 unspecified atom stereocenters. The van der Waals surface area contributed by atoms with Crippen molar-refractivity contribution in [3.8, 4) is 0 Å². The lowest BCUT2D eigenvalue weighted by Crippen LogP contribution is -2.52. The average Bonchev–Trinajstić information content (AvgIpc) is 3.16. The van der Waals surface area contributed by atoms with E-state index in [1.807, 2.05) is 0 Å². The van der Waals surface area contributed by atoms with Gasteiger partial charge in [0.15, 0.2) is 16.6 Å². The second kappa shape index (κ2) is 29.4. The van der Waals surface area contributed by atoms with Gasteiger partial charge in [0.05, 0.1) is 14.7 Å². The van der Waals surface area contributed by atoms with Crippen LogP contribution < -0.4 is 16.0 Å². The van der Waals surface area contributed by atoms with Gasteiger partial charge in [0.25, 0.3) is 0 Å². The molecule has 412 valence electrons. The zero-order chi connectivity index (χ0) is 52.5. The maximum Gasteiger partial charge on any atom is 0.407 e. The Morgan fingerprint density at radius 2 is 1.07 bits per heavy atom. The van der Waals surface area contributed by atoms with Crippen molar-refractivity contribution >= 4 is 60.7 Å². The molecule has 2 fully saturated rings. The fourth-order valence-electron chi connectivity index (χ4n) is 11.3. The van der Waals surface area contributed by atoms with Crippen molar-refractivity contribution in [2.24, 2.45) is 21.7 Å². The quantitative estimate of drug-likeness (QED) is 0.0220. The van der Waals surface area contributed by atoms with Crippen molar-refractivity contribution in [3.05, 3.63) is 24.3 Å². The fraction of sp³-hybridized carbons (Fsp3) is 0.808. The zero-order valence-electron chi connectivity index (χ0n) is 45.0. The monoisotopic (exact) mass is 1060 g/mol. The largest absolute Gasteiger partial charge is 0.462 e. The molecule has 2 aliphatic carbocycles. The van der Waals surface area contributed by atoms with Crippen LogP contribution in [0.3, 0.4) is 0 Å². The summed E-state index contributed by atoms with van der Waals surface area (Å²) in [5.41, 5.74) is 1.02. The van der Waals surface area contributed by atoms with Crippen LogP contribution in [-0.2, 0) is 51.7 Å². The molecule has 71 heavy (non-hydrogen) atoms. The molecule has 0 heterocycles. The molecule has 0 aromatic carbocycles. The zero-order valence-corrected chi connectivity index (χ0v) is 48.0. The fourth-order valence-corrected chi connectivity index (χ4v) is 30.3. The minimum atomic E-state index is -2.12. The van der Waals surface area contributed by atoms with Gasteiger partial charge in [0.1, 0.15) is 33.0 Å². The first kappa shape index (κ1) is 67.5. The third kappa shape index (κ3) is 28.5. The van der Waals surface area contributed by atoms with Crippen LogP contribution in [0.25, 0.3) is 0 Å². The average molecular weight is 1060 g/mol. The summed E-state index contributed by atoms with van der Waals surface area (Å²) in [5, 5.41) is 9.31. The lowest BCUT2D eigenvalue weighted by Gasteiger charge is -2.47. The van der Waals surface area contributed by atoms with E-state index < -0.39 is 48.8 Å². The highest BCUT2D eigenvalue weighted by Crippen LogP contribution is 2.49. The Hall–Kier alpha value is -3.53. The number of ether oxygens (including phenoxy) is 6. The van der Waals surface area contributed by atoms with Gasteiger partial charge in [-0.05, 0) is 125 Å². The summed E-state index contributed by atoms with van der Waals surface area (Å²) in [6.45, 7) is 38.1. The van der Waals surface area contributed by atoms with E-state index >= 15 is 0 Å². The summed E-state index contributed by atoms with van der Waals surface area (Å²) in [4.78, 5) is 74.4. The molecule has 0 radical (unpaired) electrons. The van der Waals surface area contributed by atoms with Crippen molar-refractivity contribution in [2.75, 3.05) is 52.8 Å². The van der Waals surface area contributed by atoms with Gasteiger partial charge in [0.2, 0.25) is 5.91 Å².